The number of carbonyl (C=O) groups excluding carboxylic acids is 1. The maximum absolute atomic E-state index is 12.2. The summed E-state index contributed by atoms with van der Waals surface area (Å²) in [4.78, 5) is 12.2. The minimum absolute atomic E-state index is 0.125. The first-order valence-corrected chi connectivity index (χ1v) is 6.94. The highest BCUT2D eigenvalue weighted by Gasteiger charge is 2.19. The van der Waals surface area contributed by atoms with Crippen molar-refractivity contribution >= 4 is 11.7 Å². The number of ether oxygens (including phenoxy) is 2. The van der Waals surface area contributed by atoms with E-state index in [4.69, 9.17) is 15.2 Å². The van der Waals surface area contributed by atoms with E-state index in [1.165, 1.54) is 0 Å². The van der Waals surface area contributed by atoms with E-state index in [0.717, 1.165) is 11.3 Å². The molecule has 3 rings (SSSR count). The summed E-state index contributed by atoms with van der Waals surface area (Å²) in [5.41, 5.74) is 7.68. The van der Waals surface area contributed by atoms with E-state index in [-0.39, 0.29) is 11.4 Å². The Morgan fingerprint density at radius 3 is 2.39 bits per heavy atom. The van der Waals surface area contributed by atoms with Gasteiger partial charge >= 0.3 is 5.97 Å². The average Bonchev–Trinajstić information content (AvgIpc) is 2.97. The molecule has 0 unspecified atom stereocenters. The second kappa shape index (κ2) is 6.23. The Labute approximate surface area is 132 Å². The summed E-state index contributed by atoms with van der Waals surface area (Å²) in [5.74, 6) is 0.588. The van der Waals surface area contributed by atoms with Crippen LogP contribution in [-0.4, -0.2) is 23.3 Å². The van der Waals surface area contributed by atoms with Gasteiger partial charge in [-0.1, -0.05) is 18.2 Å². The molecule has 0 fully saturated rings. The molecule has 116 valence electrons. The lowest BCUT2D eigenvalue weighted by Crippen LogP contribution is -2.11. The van der Waals surface area contributed by atoms with Gasteiger partial charge in [-0.3, -0.25) is 5.10 Å². The molecule has 23 heavy (non-hydrogen) atoms. The molecule has 6 nitrogen and oxygen atoms in total. The second-order valence-electron chi connectivity index (χ2n) is 4.79. The Kier molecular flexibility index (Phi) is 3.97. The number of aromatic nitrogens is 2. The summed E-state index contributed by atoms with van der Waals surface area (Å²) in [6, 6.07) is 16.0. The van der Waals surface area contributed by atoms with Gasteiger partial charge in [-0.25, -0.2) is 4.79 Å². The Hall–Kier alpha value is -3.28. The SMILES string of the molecule is COc1ccc(-c2n[nH]c(C(=O)Oc3ccccc3)c2N)cc1. The highest BCUT2D eigenvalue weighted by molar-refractivity contribution is 5.97. The number of nitrogens with zero attached hydrogens (tertiary/aromatic N) is 1. The molecule has 0 saturated heterocycles. The molecule has 1 aromatic heterocycles. The zero-order valence-electron chi connectivity index (χ0n) is 12.4. The first-order chi connectivity index (χ1) is 11.2. The molecule has 6 heteroatoms. The predicted octanol–water partition coefficient (Wildman–Crippen LogP) is 2.89. The zero-order valence-corrected chi connectivity index (χ0v) is 12.4. The molecule has 0 aliphatic heterocycles. The van der Waals surface area contributed by atoms with Crippen LogP contribution in [0.3, 0.4) is 0 Å². The fourth-order valence-electron chi connectivity index (χ4n) is 2.12. The molecule has 0 aliphatic rings. The lowest BCUT2D eigenvalue weighted by Gasteiger charge is -2.04. The molecule has 1 heterocycles. The predicted molar refractivity (Wildman–Crippen MR) is 86.4 cm³/mol. The van der Waals surface area contributed by atoms with Gasteiger partial charge in [0.1, 0.15) is 17.2 Å². The standard InChI is InChI=1S/C17H15N3O3/c1-22-12-9-7-11(8-10-12)15-14(18)16(20-19-15)17(21)23-13-5-3-2-4-6-13/h2-10H,18H2,1H3,(H,19,20). The molecule has 0 radical (unpaired) electrons. The number of hydrogen-bond acceptors (Lipinski definition) is 5. The molecule has 3 aromatic rings. The number of nitrogen functional groups attached to an aromatic ring is 1. The van der Waals surface area contributed by atoms with Crippen molar-refractivity contribution < 1.29 is 14.3 Å². The van der Waals surface area contributed by atoms with Crippen LogP contribution in [0.2, 0.25) is 0 Å². The van der Waals surface area contributed by atoms with E-state index in [9.17, 15) is 4.79 Å². The van der Waals surface area contributed by atoms with Crippen LogP contribution in [0.1, 0.15) is 10.5 Å². The lowest BCUT2D eigenvalue weighted by atomic mass is 10.1. The minimum atomic E-state index is -0.582. The van der Waals surface area contributed by atoms with Crippen LogP contribution in [0, 0.1) is 0 Å². The summed E-state index contributed by atoms with van der Waals surface area (Å²) < 4.78 is 10.4. The number of methoxy groups -OCH3 is 1. The maximum atomic E-state index is 12.2. The van der Waals surface area contributed by atoms with Crippen LogP contribution in [-0.2, 0) is 0 Å². The molecule has 0 aliphatic carbocycles. The number of anilines is 1. The van der Waals surface area contributed by atoms with Crippen molar-refractivity contribution in [1.82, 2.24) is 10.2 Å². The van der Waals surface area contributed by atoms with Gasteiger partial charge in [0, 0.05) is 5.56 Å². The maximum Gasteiger partial charge on any atom is 0.363 e. The quantitative estimate of drug-likeness (QED) is 0.571. The number of esters is 1. The monoisotopic (exact) mass is 309 g/mol. The van der Waals surface area contributed by atoms with E-state index in [0.29, 0.717) is 11.4 Å². The van der Waals surface area contributed by atoms with Crippen LogP contribution in [0.5, 0.6) is 11.5 Å². The van der Waals surface area contributed by atoms with E-state index in [1.807, 2.05) is 18.2 Å². The van der Waals surface area contributed by atoms with Crippen LogP contribution >= 0.6 is 0 Å². The van der Waals surface area contributed by atoms with Crippen molar-refractivity contribution in [2.45, 2.75) is 0 Å². The zero-order chi connectivity index (χ0) is 16.2. The van der Waals surface area contributed by atoms with Gasteiger partial charge in [0.15, 0.2) is 5.69 Å². The van der Waals surface area contributed by atoms with E-state index in [2.05, 4.69) is 10.2 Å². The minimum Gasteiger partial charge on any atom is -0.497 e. The molecule has 3 N–H and O–H groups in total. The molecule has 0 atom stereocenters. The first-order valence-electron chi connectivity index (χ1n) is 6.94. The number of aromatic amines is 1. The second-order valence-corrected chi connectivity index (χ2v) is 4.79. The normalized spacial score (nSPS) is 10.3. The average molecular weight is 309 g/mol. The summed E-state index contributed by atoms with van der Waals surface area (Å²) >= 11 is 0. The number of hydrogen-bond donors (Lipinski definition) is 2. The Morgan fingerprint density at radius 2 is 1.74 bits per heavy atom. The summed E-state index contributed by atoms with van der Waals surface area (Å²) in [7, 11) is 1.59. The van der Waals surface area contributed by atoms with Crippen LogP contribution in [0.25, 0.3) is 11.3 Å². The first kappa shape index (κ1) is 14.6. The van der Waals surface area contributed by atoms with Gasteiger partial charge in [-0.05, 0) is 36.4 Å². The third-order valence-electron chi connectivity index (χ3n) is 3.33. The molecule has 2 aromatic carbocycles. The van der Waals surface area contributed by atoms with Crippen molar-refractivity contribution in [3.8, 4) is 22.8 Å². The summed E-state index contributed by atoms with van der Waals surface area (Å²) in [6.07, 6.45) is 0. The third kappa shape index (κ3) is 3.01. The molecule has 0 amide bonds. The fraction of sp³-hybridized carbons (Fsp3) is 0.0588. The number of benzene rings is 2. The van der Waals surface area contributed by atoms with Crippen molar-refractivity contribution in [2.24, 2.45) is 0 Å². The number of para-hydroxylation sites is 1. The van der Waals surface area contributed by atoms with Crippen molar-refractivity contribution in [2.75, 3.05) is 12.8 Å². The number of H-pyrrole nitrogens is 1. The number of nitrogens with two attached hydrogens (primary N) is 1. The summed E-state index contributed by atoms with van der Waals surface area (Å²) in [5, 5.41) is 6.75. The molecular weight excluding hydrogens is 294 g/mol. The highest BCUT2D eigenvalue weighted by atomic mass is 16.5. The molecule has 0 saturated carbocycles. The van der Waals surface area contributed by atoms with Gasteiger partial charge < -0.3 is 15.2 Å². The fourth-order valence-corrected chi connectivity index (χ4v) is 2.12. The lowest BCUT2D eigenvalue weighted by molar-refractivity contribution is 0.0729. The van der Waals surface area contributed by atoms with Gasteiger partial charge in [0.2, 0.25) is 0 Å². The number of rotatable bonds is 4. The van der Waals surface area contributed by atoms with Crippen molar-refractivity contribution in [3.05, 3.63) is 60.3 Å². The largest absolute Gasteiger partial charge is 0.497 e. The Bertz CT molecular complexity index is 811. The Balaban J connectivity index is 1.85. The topological polar surface area (TPSA) is 90.2 Å². The van der Waals surface area contributed by atoms with E-state index in [1.54, 1.807) is 43.5 Å². The molecule has 0 spiro atoms. The third-order valence-corrected chi connectivity index (χ3v) is 3.33. The number of nitrogens with one attached hydrogen (secondary N) is 1. The Morgan fingerprint density at radius 1 is 1.04 bits per heavy atom. The van der Waals surface area contributed by atoms with E-state index < -0.39 is 5.97 Å². The summed E-state index contributed by atoms with van der Waals surface area (Å²) in [6.45, 7) is 0. The molecule has 0 bridgehead atoms. The van der Waals surface area contributed by atoms with Crippen LogP contribution in [0.4, 0.5) is 5.69 Å². The van der Waals surface area contributed by atoms with E-state index >= 15 is 0 Å². The van der Waals surface area contributed by atoms with Gasteiger partial charge in [-0.2, -0.15) is 5.10 Å². The van der Waals surface area contributed by atoms with Crippen LogP contribution < -0.4 is 15.2 Å². The highest BCUT2D eigenvalue weighted by Crippen LogP contribution is 2.28. The van der Waals surface area contributed by atoms with Gasteiger partial charge in [-0.15, -0.1) is 0 Å². The van der Waals surface area contributed by atoms with Crippen LogP contribution in [0.15, 0.2) is 54.6 Å². The van der Waals surface area contributed by atoms with Crippen molar-refractivity contribution in [1.29, 1.82) is 0 Å². The molecular formula is C17H15N3O3. The van der Waals surface area contributed by atoms with Crippen molar-refractivity contribution in [3.63, 3.8) is 0 Å². The smallest absolute Gasteiger partial charge is 0.363 e. The van der Waals surface area contributed by atoms with Gasteiger partial charge in [0.25, 0.3) is 0 Å². The van der Waals surface area contributed by atoms with Gasteiger partial charge in [0.05, 0.1) is 12.8 Å². The number of carbonyl (C=O) groups is 1.